The van der Waals surface area contributed by atoms with E-state index in [2.05, 4.69) is 11.4 Å². The average molecular weight is 271 g/mol. The molecule has 0 saturated carbocycles. The molecule has 1 aliphatic heterocycles. The van der Waals surface area contributed by atoms with E-state index in [1.165, 1.54) is 0 Å². The Morgan fingerprint density at radius 1 is 1.30 bits per heavy atom. The lowest BCUT2D eigenvalue weighted by molar-refractivity contribution is 0.0744. The zero-order valence-electron chi connectivity index (χ0n) is 10.5. The Morgan fingerprint density at radius 2 is 2.10 bits per heavy atom. The van der Waals surface area contributed by atoms with Crippen molar-refractivity contribution in [1.29, 1.82) is 5.26 Å². The van der Waals surface area contributed by atoms with Crippen LogP contribution in [-0.4, -0.2) is 11.1 Å². The van der Waals surface area contributed by atoms with Crippen LogP contribution in [0.5, 0.6) is 0 Å². The van der Waals surface area contributed by atoms with Crippen LogP contribution in [0.1, 0.15) is 17.8 Å². The number of dihydropyridines is 1. The van der Waals surface area contributed by atoms with Crippen LogP contribution in [-0.2, 0) is 0 Å². The van der Waals surface area contributed by atoms with Gasteiger partial charge >= 0.3 is 6.55 Å². The van der Waals surface area contributed by atoms with Crippen LogP contribution < -0.4 is 5.32 Å². The third kappa shape index (κ3) is 1.77. The lowest BCUT2D eigenvalue weighted by Gasteiger charge is -2.13. The first-order valence-electron chi connectivity index (χ1n) is 6.15. The molecule has 20 heavy (non-hydrogen) atoms. The largest absolute Gasteiger partial charge is 0.387 e. The number of benzene rings is 1. The number of alkyl halides is 2. The summed E-state index contributed by atoms with van der Waals surface area (Å²) in [6, 6.07) is 8.78. The summed E-state index contributed by atoms with van der Waals surface area (Å²) < 4.78 is 27.8. The third-order valence-corrected chi connectivity index (χ3v) is 3.28. The van der Waals surface area contributed by atoms with Crippen molar-refractivity contribution in [2.45, 2.75) is 6.55 Å². The van der Waals surface area contributed by atoms with E-state index >= 15 is 0 Å². The van der Waals surface area contributed by atoms with Crippen LogP contribution in [0.25, 0.3) is 16.5 Å². The number of hydrogen-bond acceptors (Lipinski definition) is 2. The van der Waals surface area contributed by atoms with Crippen molar-refractivity contribution >= 4 is 16.5 Å². The van der Waals surface area contributed by atoms with Gasteiger partial charge in [0.25, 0.3) is 0 Å². The zero-order chi connectivity index (χ0) is 14.1. The van der Waals surface area contributed by atoms with E-state index in [-0.39, 0.29) is 11.3 Å². The Morgan fingerprint density at radius 3 is 2.75 bits per heavy atom. The van der Waals surface area contributed by atoms with Gasteiger partial charge < -0.3 is 5.32 Å². The highest BCUT2D eigenvalue weighted by Crippen LogP contribution is 2.34. The molecular formula is C15H11F2N3. The fourth-order valence-electron chi connectivity index (χ4n) is 2.48. The normalized spacial score (nSPS) is 14.2. The van der Waals surface area contributed by atoms with Crippen molar-refractivity contribution in [2.24, 2.45) is 0 Å². The molecule has 1 aromatic carbocycles. The maximum Gasteiger partial charge on any atom is 0.319 e. The van der Waals surface area contributed by atoms with Gasteiger partial charge in [-0.15, -0.1) is 0 Å². The molecule has 0 saturated heterocycles. The Labute approximate surface area is 114 Å². The van der Waals surface area contributed by atoms with E-state index in [9.17, 15) is 14.0 Å². The Balaban J connectivity index is 2.40. The van der Waals surface area contributed by atoms with E-state index in [1.54, 1.807) is 36.5 Å². The highest BCUT2D eigenvalue weighted by atomic mass is 19.3. The molecule has 0 unspecified atom stereocenters. The number of nitriles is 1. The molecule has 0 amide bonds. The van der Waals surface area contributed by atoms with Crippen molar-refractivity contribution < 1.29 is 8.78 Å². The number of halogens is 2. The maximum absolute atomic E-state index is 13.4. The standard InChI is InChI=1S/C15H11F2N3/c16-15(17)20-13-6-2-1-5-11(13)12(8-18)14(20)10-4-3-7-19-9-10/h1-6,9,15,19H,7H2. The van der Waals surface area contributed by atoms with Crippen molar-refractivity contribution in [3.63, 3.8) is 0 Å². The van der Waals surface area contributed by atoms with Gasteiger partial charge in [0, 0.05) is 23.7 Å². The molecule has 100 valence electrons. The summed E-state index contributed by atoms with van der Waals surface area (Å²) in [5, 5.41) is 12.9. The minimum Gasteiger partial charge on any atom is -0.387 e. The van der Waals surface area contributed by atoms with E-state index in [4.69, 9.17) is 0 Å². The highest BCUT2D eigenvalue weighted by molar-refractivity contribution is 5.94. The molecule has 0 aliphatic carbocycles. The topological polar surface area (TPSA) is 40.8 Å². The van der Waals surface area contributed by atoms with Gasteiger partial charge in [0.2, 0.25) is 0 Å². The quantitative estimate of drug-likeness (QED) is 0.909. The molecule has 2 aromatic rings. The van der Waals surface area contributed by atoms with Gasteiger partial charge in [-0.25, -0.2) is 0 Å². The maximum atomic E-state index is 13.4. The summed E-state index contributed by atoms with van der Waals surface area (Å²) in [5.41, 5.74) is 1.49. The zero-order valence-corrected chi connectivity index (χ0v) is 10.5. The van der Waals surface area contributed by atoms with E-state index in [0.717, 1.165) is 4.57 Å². The molecule has 0 spiro atoms. The lowest BCUT2D eigenvalue weighted by Crippen LogP contribution is -2.11. The first kappa shape index (κ1) is 12.4. The summed E-state index contributed by atoms with van der Waals surface area (Å²) in [6.07, 6.45) is 5.25. The molecule has 0 fully saturated rings. The van der Waals surface area contributed by atoms with Crippen LogP contribution in [0.3, 0.4) is 0 Å². The first-order valence-corrected chi connectivity index (χ1v) is 6.15. The Kier molecular flexibility index (Phi) is 2.99. The van der Waals surface area contributed by atoms with Crippen molar-refractivity contribution in [2.75, 3.05) is 6.54 Å². The van der Waals surface area contributed by atoms with E-state index < -0.39 is 6.55 Å². The second-order valence-electron chi connectivity index (χ2n) is 4.41. The molecule has 0 atom stereocenters. The summed E-state index contributed by atoms with van der Waals surface area (Å²) in [4.78, 5) is 0. The number of allylic oxidation sites excluding steroid dienone is 2. The number of hydrogen-bond donors (Lipinski definition) is 1. The Hall–Kier alpha value is -2.61. The fraction of sp³-hybridized carbons (Fsp3) is 0.133. The second-order valence-corrected chi connectivity index (χ2v) is 4.41. The molecule has 5 heteroatoms. The van der Waals surface area contributed by atoms with Gasteiger partial charge in [-0.1, -0.05) is 30.4 Å². The van der Waals surface area contributed by atoms with Gasteiger partial charge in [-0.2, -0.15) is 14.0 Å². The molecule has 1 aromatic heterocycles. The van der Waals surface area contributed by atoms with E-state index in [1.807, 2.05) is 6.08 Å². The van der Waals surface area contributed by atoms with Crippen LogP contribution in [0.2, 0.25) is 0 Å². The van der Waals surface area contributed by atoms with Gasteiger partial charge in [-0.3, -0.25) is 4.57 Å². The number of para-hydroxylation sites is 1. The minimum atomic E-state index is -2.70. The second kappa shape index (κ2) is 4.82. The molecule has 0 bridgehead atoms. The molecule has 3 rings (SSSR count). The number of rotatable bonds is 2. The molecule has 2 heterocycles. The molecule has 1 aliphatic rings. The van der Waals surface area contributed by atoms with Crippen LogP contribution in [0.4, 0.5) is 8.78 Å². The molecule has 0 radical (unpaired) electrons. The molecule has 3 nitrogen and oxygen atoms in total. The van der Waals surface area contributed by atoms with Gasteiger partial charge in [0.1, 0.15) is 6.07 Å². The Bertz CT molecular complexity index is 763. The number of nitrogens with one attached hydrogen (secondary N) is 1. The number of nitrogens with zero attached hydrogens (tertiary/aromatic N) is 2. The summed E-state index contributed by atoms with van der Waals surface area (Å²) in [6.45, 7) is -2.05. The SMILES string of the molecule is N#Cc1c(C2=CNCC=C2)n(C(F)F)c2ccccc12. The monoisotopic (exact) mass is 271 g/mol. The first-order chi connectivity index (χ1) is 9.74. The fourth-order valence-corrected chi connectivity index (χ4v) is 2.48. The average Bonchev–Trinajstić information content (AvgIpc) is 2.82. The number of aromatic nitrogens is 1. The summed E-state index contributed by atoms with van der Waals surface area (Å²) in [5.74, 6) is 0. The predicted molar refractivity (Wildman–Crippen MR) is 73.0 cm³/mol. The van der Waals surface area contributed by atoms with Crippen LogP contribution >= 0.6 is 0 Å². The van der Waals surface area contributed by atoms with Crippen LogP contribution in [0, 0.1) is 11.3 Å². The lowest BCUT2D eigenvalue weighted by atomic mass is 10.1. The van der Waals surface area contributed by atoms with Gasteiger partial charge in [0.15, 0.2) is 0 Å². The van der Waals surface area contributed by atoms with Crippen LogP contribution in [0.15, 0.2) is 42.6 Å². The third-order valence-electron chi connectivity index (χ3n) is 3.28. The van der Waals surface area contributed by atoms with E-state index in [0.29, 0.717) is 23.0 Å². The minimum absolute atomic E-state index is 0.257. The molecule has 1 N–H and O–H groups in total. The smallest absolute Gasteiger partial charge is 0.319 e. The number of fused-ring (bicyclic) bond motifs is 1. The van der Waals surface area contributed by atoms with Crippen molar-refractivity contribution in [3.8, 4) is 6.07 Å². The summed E-state index contributed by atoms with van der Waals surface area (Å²) in [7, 11) is 0. The van der Waals surface area contributed by atoms with Gasteiger partial charge in [-0.05, 0) is 6.07 Å². The summed E-state index contributed by atoms with van der Waals surface area (Å²) >= 11 is 0. The van der Waals surface area contributed by atoms with Crippen molar-refractivity contribution in [3.05, 3.63) is 53.9 Å². The van der Waals surface area contributed by atoms with Crippen molar-refractivity contribution in [1.82, 2.24) is 9.88 Å². The predicted octanol–water partition coefficient (Wildman–Crippen LogP) is 3.41. The molecular weight excluding hydrogens is 260 g/mol. The highest BCUT2D eigenvalue weighted by Gasteiger charge is 2.23. The van der Waals surface area contributed by atoms with Gasteiger partial charge in [0.05, 0.1) is 16.8 Å².